The number of aromatic nitrogens is 3. The second kappa shape index (κ2) is 6.96. The van der Waals surface area contributed by atoms with Crippen LogP contribution in [0, 0.1) is 0 Å². The van der Waals surface area contributed by atoms with Crippen LogP contribution in [0.5, 0.6) is 0 Å². The van der Waals surface area contributed by atoms with Gasteiger partial charge < -0.3 is 5.32 Å². The quantitative estimate of drug-likeness (QED) is 0.834. The molecule has 3 rings (SSSR count). The molecule has 24 heavy (non-hydrogen) atoms. The van der Waals surface area contributed by atoms with E-state index in [1.165, 1.54) is 22.9 Å². The molecule has 2 heterocycles. The van der Waals surface area contributed by atoms with Crippen LogP contribution in [0.1, 0.15) is 25.1 Å². The summed E-state index contributed by atoms with van der Waals surface area (Å²) in [5.41, 5.74) is 1.25. The standard InChI is InChI=1S/C15H20FN5O2S/c1-12(20-8-3-6-17-7-9-20)15-11-21(19-18-15)13-4-2-5-14(10-13)24(16,22)23/h2,4-5,10-12,17H,3,6-9H2,1H3. The summed E-state index contributed by atoms with van der Waals surface area (Å²) >= 11 is 0. The van der Waals surface area contributed by atoms with Crippen molar-refractivity contribution in [3.63, 3.8) is 0 Å². The van der Waals surface area contributed by atoms with E-state index in [1.807, 2.05) is 0 Å². The highest BCUT2D eigenvalue weighted by atomic mass is 32.3. The van der Waals surface area contributed by atoms with Gasteiger partial charge in [-0.2, -0.15) is 8.42 Å². The molecule has 0 bridgehead atoms. The monoisotopic (exact) mass is 353 g/mol. The highest BCUT2D eigenvalue weighted by Crippen LogP contribution is 2.21. The average Bonchev–Trinajstić information content (AvgIpc) is 2.89. The Balaban J connectivity index is 1.82. The van der Waals surface area contributed by atoms with Crippen LogP contribution in [0.15, 0.2) is 35.4 Å². The fourth-order valence-corrected chi connectivity index (χ4v) is 3.32. The predicted molar refractivity (Wildman–Crippen MR) is 87.1 cm³/mol. The van der Waals surface area contributed by atoms with Crippen molar-refractivity contribution in [2.24, 2.45) is 0 Å². The van der Waals surface area contributed by atoms with Crippen LogP contribution < -0.4 is 5.32 Å². The van der Waals surface area contributed by atoms with Crippen molar-refractivity contribution in [1.82, 2.24) is 25.2 Å². The molecule has 0 saturated carbocycles. The SMILES string of the molecule is CC(c1cn(-c2cccc(S(=O)(=O)F)c2)nn1)N1CCCNCC1. The molecule has 1 aliphatic heterocycles. The summed E-state index contributed by atoms with van der Waals surface area (Å²) in [6.45, 7) is 5.94. The van der Waals surface area contributed by atoms with Gasteiger partial charge in [-0.1, -0.05) is 11.3 Å². The molecule has 1 aliphatic rings. The largest absolute Gasteiger partial charge is 0.332 e. The lowest BCUT2D eigenvalue weighted by Gasteiger charge is -2.25. The van der Waals surface area contributed by atoms with Gasteiger partial charge in [0.05, 0.1) is 23.6 Å². The molecule has 0 aliphatic carbocycles. The molecule has 1 N–H and O–H groups in total. The molecule has 130 valence electrons. The van der Waals surface area contributed by atoms with E-state index >= 15 is 0 Å². The van der Waals surface area contributed by atoms with E-state index in [-0.39, 0.29) is 10.9 Å². The first kappa shape index (κ1) is 17.0. The number of nitrogens with one attached hydrogen (secondary N) is 1. The molecule has 1 saturated heterocycles. The van der Waals surface area contributed by atoms with Gasteiger partial charge in [-0.3, -0.25) is 4.90 Å². The number of rotatable bonds is 4. The molecule has 7 nitrogen and oxygen atoms in total. The van der Waals surface area contributed by atoms with Gasteiger partial charge in [0.15, 0.2) is 0 Å². The van der Waals surface area contributed by atoms with E-state index in [4.69, 9.17) is 0 Å². The second-order valence-corrected chi connectivity index (χ2v) is 7.19. The number of benzene rings is 1. The summed E-state index contributed by atoms with van der Waals surface area (Å²) in [4.78, 5) is 1.94. The Labute approximate surface area is 140 Å². The van der Waals surface area contributed by atoms with Crippen molar-refractivity contribution >= 4 is 10.2 Å². The van der Waals surface area contributed by atoms with Crippen LogP contribution in [0.3, 0.4) is 0 Å². The van der Waals surface area contributed by atoms with Crippen molar-refractivity contribution < 1.29 is 12.3 Å². The lowest BCUT2D eigenvalue weighted by Crippen LogP contribution is -2.31. The van der Waals surface area contributed by atoms with Gasteiger partial charge in [-0.15, -0.1) is 8.98 Å². The van der Waals surface area contributed by atoms with E-state index in [0.29, 0.717) is 5.69 Å². The molecule has 0 spiro atoms. The zero-order chi connectivity index (χ0) is 17.2. The van der Waals surface area contributed by atoms with Gasteiger partial charge in [0.2, 0.25) is 0 Å². The van der Waals surface area contributed by atoms with Crippen molar-refractivity contribution in [2.75, 3.05) is 26.2 Å². The molecule has 1 aromatic heterocycles. The van der Waals surface area contributed by atoms with E-state index in [9.17, 15) is 12.3 Å². The molecular formula is C15H20FN5O2S. The zero-order valence-corrected chi connectivity index (χ0v) is 14.2. The molecule has 1 atom stereocenters. The maximum absolute atomic E-state index is 13.1. The first-order chi connectivity index (χ1) is 11.4. The van der Waals surface area contributed by atoms with Gasteiger partial charge >= 0.3 is 10.2 Å². The van der Waals surface area contributed by atoms with Gasteiger partial charge in [-0.05, 0) is 38.1 Å². The Bertz CT molecular complexity index is 800. The van der Waals surface area contributed by atoms with Crippen molar-refractivity contribution in [2.45, 2.75) is 24.3 Å². The summed E-state index contributed by atoms with van der Waals surface area (Å²) in [6.07, 6.45) is 2.84. The lowest BCUT2D eigenvalue weighted by molar-refractivity contribution is 0.221. The number of hydrogen-bond donors (Lipinski definition) is 1. The smallest absolute Gasteiger partial charge is 0.315 e. The molecule has 0 amide bonds. The summed E-state index contributed by atoms with van der Waals surface area (Å²) in [6, 6.07) is 5.70. The fourth-order valence-electron chi connectivity index (χ4n) is 2.81. The average molecular weight is 353 g/mol. The molecule has 9 heteroatoms. The van der Waals surface area contributed by atoms with Crippen molar-refractivity contribution in [3.05, 3.63) is 36.2 Å². The van der Waals surface area contributed by atoms with E-state index < -0.39 is 10.2 Å². The van der Waals surface area contributed by atoms with Crippen LogP contribution in [0.25, 0.3) is 5.69 Å². The molecule has 0 radical (unpaired) electrons. The van der Waals surface area contributed by atoms with Gasteiger partial charge in [-0.25, -0.2) is 4.68 Å². The number of halogens is 1. The third kappa shape index (κ3) is 3.80. The summed E-state index contributed by atoms with van der Waals surface area (Å²) in [5.74, 6) is 0. The Morgan fingerprint density at radius 2 is 2.12 bits per heavy atom. The van der Waals surface area contributed by atoms with Crippen LogP contribution in [0.4, 0.5) is 3.89 Å². The Hall–Kier alpha value is -1.84. The van der Waals surface area contributed by atoms with Crippen LogP contribution in [-0.2, 0) is 10.2 Å². The Morgan fingerprint density at radius 3 is 2.92 bits per heavy atom. The maximum atomic E-state index is 13.1. The minimum atomic E-state index is -4.74. The van der Waals surface area contributed by atoms with Gasteiger partial charge in [0.1, 0.15) is 4.90 Å². The van der Waals surface area contributed by atoms with E-state index in [1.54, 1.807) is 12.3 Å². The molecule has 1 fully saturated rings. The molecule has 2 aromatic rings. The van der Waals surface area contributed by atoms with E-state index in [2.05, 4.69) is 27.5 Å². The molecular weight excluding hydrogens is 333 g/mol. The van der Waals surface area contributed by atoms with Crippen molar-refractivity contribution in [1.29, 1.82) is 0 Å². The van der Waals surface area contributed by atoms with Crippen LogP contribution in [0.2, 0.25) is 0 Å². The Morgan fingerprint density at radius 1 is 1.29 bits per heavy atom. The zero-order valence-electron chi connectivity index (χ0n) is 13.4. The minimum absolute atomic E-state index is 0.103. The maximum Gasteiger partial charge on any atom is 0.332 e. The highest BCUT2D eigenvalue weighted by molar-refractivity contribution is 7.86. The first-order valence-corrected chi connectivity index (χ1v) is 9.25. The Kier molecular flexibility index (Phi) is 4.93. The summed E-state index contributed by atoms with van der Waals surface area (Å²) < 4.78 is 36.7. The number of hydrogen-bond acceptors (Lipinski definition) is 6. The van der Waals surface area contributed by atoms with Crippen LogP contribution >= 0.6 is 0 Å². The van der Waals surface area contributed by atoms with Gasteiger partial charge in [0, 0.05) is 19.6 Å². The summed E-state index contributed by atoms with van der Waals surface area (Å²) in [5, 5.41) is 11.6. The van der Waals surface area contributed by atoms with Gasteiger partial charge in [0.25, 0.3) is 0 Å². The molecule has 1 aromatic carbocycles. The topological polar surface area (TPSA) is 80.1 Å². The number of nitrogens with zero attached hydrogens (tertiary/aromatic N) is 4. The van der Waals surface area contributed by atoms with Crippen LogP contribution in [-0.4, -0.2) is 54.5 Å². The third-order valence-electron chi connectivity index (χ3n) is 4.23. The minimum Gasteiger partial charge on any atom is -0.315 e. The molecule has 1 unspecified atom stereocenters. The second-order valence-electron chi connectivity index (χ2n) is 5.84. The van der Waals surface area contributed by atoms with Crippen molar-refractivity contribution in [3.8, 4) is 5.69 Å². The fraction of sp³-hybridized carbons (Fsp3) is 0.467. The summed E-state index contributed by atoms with van der Waals surface area (Å²) in [7, 11) is -4.74. The highest BCUT2D eigenvalue weighted by Gasteiger charge is 2.20. The van der Waals surface area contributed by atoms with E-state index in [0.717, 1.165) is 38.3 Å². The normalized spacial score (nSPS) is 18.2. The first-order valence-electron chi connectivity index (χ1n) is 7.87. The predicted octanol–water partition coefficient (Wildman–Crippen LogP) is 1.28. The lowest BCUT2D eigenvalue weighted by atomic mass is 10.2. The third-order valence-corrected chi connectivity index (χ3v) is 5.04.